The second-order valence-electron chi connectivity index (χ2n) is 13.0. The number of esters is 1. The average Bonchev–Trinajstić information content (AvgIpc) is 2.82. The first-order valence-corrected chi connectivity index (χ1v) is 13.8. The summed E-state index contributed by atoms with van der Waals surface area (Å²) in [6.45, 7) is 8.45. The van der Waals surface area contributed by atoms with Crippen LogP contribution in [0.2, 0.25) is 0 Å². The van der Waals surface area contributed by atoms with Crippen molar-refractivity contribution in [3.63, 3.8) is 0 Å². The lowest BCUT2D eigenvalue weighted by Crippen LogP contribution is -2.58. The fourth-order valence-electron chi connectivity index (χ4n) is 7.81. The van der Waals surface area contributed by atoms with Gasteiger partial charge in [0.2, 0.25) is 0 Å². The van der Waals surface area contributed by atoms with Gasteiger partial charge in [0, 0.05) is 0 Å². The Morgan fingerprint density at radius 1 is 0.944 bits per heavy atom. The average molecular weight is 491 g/mol. The smallest absolute Gasteiger partial charge is 0.312 e. The van der Waals surface area contributed by atoms with Gasteiger partial charge in [-0.2, -0.15) is 0 Å². The van der Waals surface area contributed by atoms with Crippen LogP contribution in [0.15, 0.2) is 48.5 Å². The van der Waals surface area contributed by atoms with Crippen molar-refractivity contribution in [2.24, 2.45) is 29.1 Å². The van der Waals surface area contributed by atoms with E-state index < -0.39 is 5.41 Å². The van der Waals surface area contributed by atoms with Gasteiger partial charge in [-0.3, -0.25) is 4.79 Å². The third-order valence-electron chi connectivity index (χ3n) is 9.82. The van der Waals surface area contributed by atoms with Crippen molar-refractivity contribution in [3.8, 4) is 11.5 Å². The third kappa shape index (κ3) is 4.88. The zero-order valence-corrected chi connectivity index (χ0v) is 22.2. The summed E-state index contributed by atoms with van der Waals surface area (Å²) in [6.07, 6.45) is 7.72. The normalized spacial score (nSPS) is 30.7. The molecule has 4 nitrogen and oxygen atoms in total. The Hall–Kier alpha value is -2.49. The Kier molecular flexibility index (Phi) is 6.59. The van der Waals surface area contributed by atoms with E-state index in [1.165, 1.54) is 32.1 Å². The Morgan fingerprint density at radius 3 is 2.14 bits per heavy atom. The van der Waals surface area contributed by atoms with Crippen molar-refractivity contribution < 1.29 is 19.7 Å². The summed E-state index contributed by atoms with van der Waals surface area (Å²) in [5, 5.41) is 19.9. The third-order valence-corrected chi connectivity index (χ3v) is 9.82. The second kappa shape index (κ2) is 9.43. The van der Waals surface area contributed by atoms with Gasteiger partial charge in [0.15, 0.2) is 0 Å². The van der Waals surface area contributed by atoms with E-state index in [2.05, 4.69) is 19.9 Å². The van der Waals surface area contributed by atoms with Gasteiger partial charge in [-0.1, -0.05) is 31.2 Å². The van der Waals surface area contributed by atoms with Gasteiger partial charge in [-0.15, -0.1) is 0 Å². The number of ether oxygens (including phenoxy) is 1. The van der Waals surface area contributed by atoms with Crippen LogP contribution in [0.1, 0.15) is 95.6 Å². The molecule has 2 unspecified atom stereocenters. The lowest BCUT2D eigenvalue weighted by molar-refractivity contribution is -0.211. The molecule has 2 atom stereocenters. The molecule has 2 aromatic rings. The van der Waals surface area contributed by atoms with Crippen molar-refractivity contribution >= 4 is 5.97 Å². The highest BCUT2D eigenvalue weighted by Crippen LogP contribution is 2.60. The molecule has 4 fully saturated rings. The summed E-state index contributed by atoms with van der Waals surface area (Å²) in [5.74, 6) is 3.41. The molecule has 4 bridgehead atoms. The van der Waals surface area contributed by atoms with Crippen LogP contribution in [-0.4, -0.2) is 21.8 Å². The van der Waals surface area contributed by atoms with Crippen LogP contribution < -0.4 is 0 Å². The van der Waals surface area contributed by atoms with Crippen LogP contribution in [0.4, 0.5) is 0 Å². The minimum Gasteiger partial charge on any atom is -0.508 e. The molecule has 36 heavy (non-hydrogen) atoms. The molecule has 6 rings (SSSR count). The first-order chi connectivity index (χ1) is 17.0. The summed E-state index contributed by atoms with van der Waals surface area (Å²) < 4.78 is 6.53. The maximum atomic E-state index is 13.8. The number of rotatable bonds is 8. The number of hydrogen-bond donors (Lipinski definition) is 2. The predicted octanol–water partition coefficient (Wildman–Crippen LogP) is 7.55. The number of phenols is 2. The molecular formula is C32H42O4. The molecular weight excluding hydrogens is 448 g/mol. The SMILES string of the molecule is CC(CC(CC(C)(C)C(=O)OC1(C)C2CC3CC(C2)CC1C3)c1cccc(O)c1)c1ccc(O)cc1. The first-order valence-electron chi connectivity index (χ1n) is 13.8. The number of benzene rings is 2. The van der Waals surface area contributed by atoms with E-state index in [4.69, 9.17) is 4.74 Å². The molecule has 0 heterocycles. The first kappa shape index (κ1) is 25.2. The van der Waals surface area contributed by atoms with Gasteiger partial charge in [0.05, 0.1) is 5.41 Å². The zero-order valence-electron chi connectivity index (χ0n) is 22.2. The molecule has 0 saturated heterocycles. The number of phenolic OH excluding ortho intramolecular Hbond substituents is 2. The van der Waals surface area contributed by atoms with Gasteiger partial charge < -0.3 is 14.9 Å². The van der Waals surface area contributed by atoms with Gasteiger partial charge in [-0.25, -0.2) is 0 Å². The highest BCUT2D eigenvalue weighted by Gasteiger charge is 2.57. The summed E-state index contributed by atoms with van der Waals surface area (Å²) in [5.41, 5.74) is 1.21. The van der Waals surface area contributed by atoms with Gasteiger partial charge in [0.25, 0.3) is 0 Å². The van der Waals surface area contributed by atoms with Crippen LogP contribution >= 0.6 is 0 Å². The maximum Gasteiger partial charge on any atom is 0.312 e. The van der Waals surface area contributed by atoms with Crippen molar-refractivity contribution in [2.45, 2.75) is 90.1 Å². The summed E-state index contributed by atoms with van der Waals surface area (Å²) in [6, 6.07) is 14.8. The van der Waals surface area contributed by atoms with E-state index in [1.54, 1.807) is 18.2 Å². The van der Waals surface area contributed by atoms with Crippen LogP contribution in [0.5, 0.6) is 11.5 Å². The fraction of sp³-hybridized carbons (Fsp3) is 0.594. The van der Waals surface area contributed by atoms with Gasteiger partial charge in [0.1, 0.15) is 17.1 Å². The molecule has 0 aliphatic heterocycles. The van der Waals surface area contributed by atoms with Crippen molar-refractivity contribution in [1.29, 1.82) is 0 Å². The summed E-state index contributed by atoms with van der Waals surface area (Å²) >= 11 is 0. The highest BCUT2D eigenvalue weighted by atomic mass is 16.6. The fourth-order valence-corrected chi connectivity index (χ4v) is 7.81. The standard InChI is InChI=1S/C32H42O4/c1-20(23-8-10-28(33)11-9-23)12-25(24-6-5-7-29(34)18-24)19-31(2,3)30(35)36-32(4)26-14-21-13-22(16-26)17-27(32)15-21/h5-11,18,20-22,25-27,33-34H,12-17,19H2,1-4H3. The molecule has 194 valence electrons. The minimum atomic E-state index is -0.650. The molecule has 0 aromatic heterocycles. The zero-order chi connectivity index (χ0) is 25.7. The predicted molar refractivity (Wildman–Crippen MR) is 142 cm³/mol. The Bertz CT molecular complexity index is 1060. The number of carbonyl (C=O) groups is 1. The lowest BCUT2D eigenvalue weighted by Gasteiger charge is -2.59. The Labute approximate surface area is 216 Å². The Balaban J connectivity index is 1.34. The van der Waals surface area contributed by atoms with E-state index in [0.29, 0.717) is 18.3 Å². The summed E-state index contributed by atoms with van der Waals surface area (Å²) in [7, 11) is 0. The van der Waals surface area contributed by atoms with E-state index in [9.17, 15) is 15.0 Å². The molecule has 4 saturated carbocycles. The van der Waals surface area contributed by atoms with Crippen molar-refractivity contribution in [3.05, 3.63) is 59.7 Å². The molecule has 4 aliphatic carbocycles. The molecule has 0 spiro atoms. The largest absolute Gasteiger partial charge is 0.508 e. The highest BCUT2D eigenvalue weighted by molar-refractivity contribution is 5.76. The van der Waals surface area contributed by atoms with Gasteiger partial charge in [-0.05, 0) is 137 Å². The number of carbonyl (C=O) groups excluding carboxylic acids is 1. The quantitative estimate of drug-likeness (QED) is 0.375. The van der Waals surface area contributed by atoms with E-state index in [0.717, 1.165) is 29.4 Å². The lowest BCUT2D eigenvalue weighted by atomic mass is 9.50. The van der Waals surface area contributed by atoms with Crippen LogP contribution in [0.3, 0.4) is 0 Å². The molecule has 0 amide bonds. The van der Waals surface area contributed by atoms with Crippen LogP contribution in [-0.2, 0) is 9.53 Å². The van der Waals surface area contributed by atoms with Crippen LogP contribution in [0, 0.1) is 29.1 Å². The minimum absolute atomic E-state index is 0.0785. The van der Waals surface area contributed by atoms with E-state index >= 15 is 0 Å². The van der Waals surface area contributed by atoms with Gasteiger partial charge >= 0.3 is 5.97 Å². The van der Waals surface area contributed by atoms with E-state index in [1.807, 2.05) is 38.1 Å². The number of hydrogen-bond acceptors (Lipinski definition) is 4. The molecule has 0 radical (unpaired) electrons. The second-order valence-corrected chi connectivity index (χ2v) is 13.0. The monoisotopic (exact) mass is 490 g/mol. The topological polar surface area (TPSA) is 66.8 Å². The molecule has 2 N–H and O–H groups in total. The Morgan fingerprint density at radius 2 is 1.56 bits per heavy atom. The molecule has 2 aromatic carbocycles. The van der Waals surface area contributed by atoms with Crippen molar-refractivity contribution in [1.82, 2.24) is 0 Å². The molecule has 4 aliphatic rings. The maximum absolute atomic E-state index is 13.8. The van der Waals surface area contributed by atoms with Crippen molar-refractivity contribution in [2.75, 3.05) is 0 Å². The van der Waals surface area contributed by atoms with E-state index in [-0.39, 0.29) is 34.9 Å². The summed E-state index contributed by atoms with van der Waals surface area (Å²) in [4.78, 5) is 13.8. The van der Waals surface area contributed by atoms with Crippen LogP contribution in [0.25, 0.3) is 0 Å². The molecule has 4 heteroatoms. The number of aromatic hydroxyl groups is 2.